The number of nitrogens with two attached hydrogens (primary N) is 1. The molecule has 2 aromatic rings. The highest BCUT2D eigenvalue weighted by molar-refractivity contribution is 5.75. The van der Waals surface area contributed by atoms with Gasteiger partial charge in [0.25, 0.3) is 5.91 Å². The number of rotatable bonds is 7. The van der Waals surface area contributed by atoms with Crippen LogP contribution in [0.2, 0.25) is 0 Å². The largest absolute Gasteiger partial charge is 0.497 e. The van der Waals surface area contributed by atoms with E-state index in [4.69, 9.17) is 15.2 Å². The van der Waals surface area contributed by atoms with Crippen molar-refractivity contribution < 1.29 is 14.3 Å². The van der Waals surface area contributed by atoms with Crippen molar-refractivity contribution in [1.82, 2.24) is 5.32 Å². The van der Waals surface area contributed by atoms with Crippen molar-refractivity contribution in [3.8, 4) is 11.5 Å². The minimum Gasteiger partial charge on any atom is -0.497 e. The third kappa shape index (κ3) is 4.73. The van der Waals surface area contributed by atoms with Crippen LogP contribution < -0.4 is 20.5 Å². The van der Waals surface area contributed by atoms with Gasteiger partial charge in [-0.25, -0.2) is 0 Å². The van der Waals surface area contributed by atoms with Gasteiger partial charge in [-0.2, -0.15) is 0 Å². The topological polar surface area (TPSA) is 73.6 Å². The van der Waals surface area contributed by atoms with Gasteiger partial charge in [-0.3, -0.25) is 4.79 Å². The van der Waals surface area contributed by atoms with E-state index in [0.717, 1.165) is 37.1 Å². The highest BCUT2D eigenvalue weighted by Crippen LogP contribution is 2.26. The van der Waals surface area contributed by atoms with Crippen molar-refractivity contribution in [3.05, 3.63) is 59.2 Å². The summed E-state index contributed by atoms with van der Waals surface area (Å²) < 4.78 is 10.7. The Morgan fingerprint density at radius 3 is 2.88 bits per heavy atom. The molecule has 0 heterocycles. The van der Waals surface area contributed by atoms with E-state index in [1.54, 1.807) is 7.11 Å². The molecule has 1 amide bonds. The van der Waals surface area contributed by atoms with Crippen LogP contribution >= 0.6 is 0 Å². The lowest BCUT2D eigenvalue weighted by Crippen LogP contribution is -2.34. The van der Waals surface area contributed by atoms with Crippen LogP contribution in [-0.2, 0) is 24.2 Å². The minimum atomic E-state index is -0.472. The fourth-order valence-electron chi connectivity index (χ4n) is 3.20. The Labute approximate surface area is 148 Å². The zero-order valence-corrected chi connectivity index (χ0v) is 14.5. The van der Waals surface area contributed by atoms with E-state index in [9.17, 15) is 4.79 Å². The van der Waals surface area contributed by atoms with Gasteiger partial charge in [-0.05, 0) is 60.2 Å². The fraction of sp³-hybridized carbons (Fsp3) is 0.350. The first-order chi connectivity index (χ1) is 12.1. The number of methoxy groups -OCH3 is 1. The molecule has 1 unspecified atom stereocenters. The molecule has 5 heteroatoms. The first-order valence-corrected chi connectivity index (χ1v) is 8.53. The monoisotopic (exact) mass is 340 g/mol. The molecule has 1 aliphatic rings. The summed E-state index contributed by atoms with van der Waals surface area (Å²) in [6.45, 7) is 0.663. The number of fused-ring (bicyclic) bond motifs is 1. The first-order valence-electron chi connectivity index (χ1n) is 8.53. The summed E-state index contributed by atoms with van der Waals surface area (Å²) in [5.74, 6) is 1.11. The smallest absolute Gasteiger partial charge is 0.255 e. The quantitative estimate of drug-likeness (QED) is 0.810. The van der Waals surface area contributed by atoms with Crippen molar-refractivity contribution >= 4 is 5.91 Å². The summed E-state index contributed by atoms with van der Waals surface area (Å²) in [4.78, 5) is 10.8. The van der Waals surface area contributed by atoms with E-state index < -0.39 is 5.91 Å². The number of hydrogen-bond acceptors (Lipinski definition) is 4. The van der Waals surface area contributed by atoms with Crippen LogP contribution in [0.5, 0.6) is 11.5 Å². The van der Waals surface area contributed by atoms with Crippen molar-refractivity contribution in [2.24, 2.45) is 5.73 Å². The van der Waals surface area contributed by atoms with Crippen LogP contribution in [0.4, 0.5) is 0 Å². The summed E-state index contributed by atoms with van der Waals surface area (Å²) in [6, 6.07) is 14.5. The molecule has 0 aliphatic heterocycles. The Morgan fingerprint density at radius 2 is 2.08 bits per heavy atom. The van der Waals surface area contributed by atoms with Crippen LogP contribution in [0, 0.1) is 0 Å². The zero-order chi connectivity index (χ0) is 17.6. The van der Waals surface area contributed by atoms with Crippen LogP contribution in [0.15, 0.2) is 42.5 Å². The van der Waals surface area contributed by atoms with Gasteiger partial charge in [-0.15, -0.1) is 0 Å². The van der Waals surface area contributed by atoms with Gasteiger partial charge in [0.05, 0.1) is 7.11 Å². The molecule has 0 aromatic heterocycles. The second kappa shape index (κ2) is 8.03. The first kappa shape index (κ1) is 17.3. The maximum Gasteiger partial charge on any atom is 0.255 e. The van der Waals surface area contributed by atoms with E-state index in [-0.39, 0.29) is 6.61 Å². The maximum atomic E-state index is 10.8. The Morgan fingerprint density at radius 1 is 1.20 bits per heavy atom. The van der Waals surface area contributed by atoms with Gasteiger partial charge in [-0.1, -0.05) is 18.2 Å². The van der Waals surface area contributed by atoms with Crippen LogP contribution in [0.1, 0.15) is 23.1 Å². The summed E-state index contributed by atoms with van der Waals surface area (Å²) in [5, 5.41) is 3.62. The number of amides is 1. The SMILES string of the molecule is COc1ccc2c(c1)CC(NCc1cccc(OCC(N)=O)c1)CC2. The van der Waals surface area contributed by atoms with Crippen LogP contribution in [0.3, 0.4) is 0 Å². The van der Waals surface area contributed by atoms with Gasteiger partial charge >= 0.3 is 0 Å². The van der Waals surface area contributed by atoms with Crippen molar-refractivity contribution in [2.45, 2.75) is 31.8 Å². The second-order valence-corrected chi connectivity index (χ2v) is 6.36. The third-order valence-electron chi connectivity index (χ3n) is 4.52. The normalized spacial score (nSPS) is 16.1. The molecular formula is C20H24N2O3. The third-order valence-corrected chi connectivity index (χ3v) is 4.52. The standard InChI is InChI=1S/C20H24N2O3/c1-24-18-8-6-15-5-7-17(10-16(15)11-18)22-12-14-3-2-4-19(9-14)25-13-20(21)23/h2-4,6,8-9,11,17,22H,5,7,10,12-13H2,1H3,(H2,21,23). The molecule has 0 spiro atoms. The van der Waals surface area contributed by atoms with E-state index in [1.807, 2.05) is 30.3 Å². The number of benzene rings is 2. The summed E-state index contributed by atoms with van der Waals surface area (Å²) in [7, 11) is 1.70. The maximum absolute atomic E-state index is 10.8. The van der Waals surface area contributed by atoms with E-state index in [1.165, 1.54) is 11.1 Å². The highest BCUT2D eigenvalue weighted by Gasteiger charge is 2.18. The second-order valence-electron chi connectivity index (χ2n) is 6.36. The molecule has 3 rings (SSSR count). The number of ether oxygens (including phenoxy) is 2. The molecule has 0 saturated carbocycles. The van der Waals surface area contributed by atoms with Gasteiger partial charge in [0.2, 0.25) is 0 Å². The van der Waals surface area contributed by atoms with Gasteiger partial charge in [0.15, 0.2) is 6.61 Å². The summed E-state index contributed by atoms with van der Waals surface area (Å²) in [5.41, 5.74) is 9.01. The van der Waals surface area contributed by atoms with E-state index >= 15 is 0 Å². The van der Waals surface area contributed by atoms with Gasteiger partial charge < -0.3 is 20.5 Å². The number of carbonyl (C=O) groups is 1. The van der Waals surface area contributed by atoms with E-state index in [2.05, 4.69) is 17.4 Å². The highest BCUT2D eigenvalue weighted by atomic mass is 16.5. The van der Waals surface area contributed by atoms with E-state index in [0.29, 0.717) is 11.8 Å². The predicted molar refractivity (Wildman–Crippen MR) is 96.8 cm³/mol. The van der Waals surface area contributed by atoms with Crippen molar-refractivity contribution in [1.29, 1.82) is 0 Å². The molecular weight excluding hydrogens is 316 g/mol. The average molecular weight is 340 g/mol. The number of nitrogens with one attached hydrogen (secondary N) is 1. The van der Waals surface area contributed by atoms with Gasteiger partial charge in [0.1, 0.15) is 11.5 Å². The lowest BCUT2D eigenvalue weighted by atomic mass is 9.88. The summed E-state index contributed by atoms with van der Waals surface area (Å²) in [6.07, 6.45) is 3.21. The molecule has 0 radical (unpaired) electrons. The molecule has 1 aliphatic carbocycles. The molecule has 1 atom stereocenters. The Bertz CT molecular complexity index is 745. The Balaban J connectivity index is 1.57. The minimum absolute atomic E-state index is 0.0991. The molecule has 5 nitrogen and oxygen atoms in total. The average Bonchev–Trinajstić information content (AvgIpc) is 2.64. The molecule has 0 saturated heterocycles. The van der Waals surface area contributed by atoms with Crippen LogP contribution in [0.25, 0.3) is 0 Å². The molecule has 0 bridgehead atoms. The zero-order valence-electron chi connectivity index (χ0n) is 14.5. The van der Waals surface area contributed by atoms with Crippen molar-refractivity contribution in [3.63, 3.8) is 0 Å². The number of primary amides is 1. The summed E-state index contributed by atoms with van der Waals surface area (Å²) >= 11 is 0. The lowest BCUT2D eigenvalue weighted by molar-refractivity contribution is -0.119. The number of hydrogen-bond donors (Lipinski definition) is 2. The molecule has 132 valence electrons. The molecule has 0 fully saturated rings. The number of carbonyl (C=O) groups excluding carboxylic acids is 1. The molecule has 3 N–H and O–H groups in total. The Hall–Kier alpha value is -2.53. The Kier molecular flexibility index (Phi) is 5.56. The predicted octanol–water partition coefficient (Wildman–Crippen LogP) is 2.21. The number of aryl methyl sites for hydroxylation is 1. The van der Waals surface area contributed by atoms with Crippen molar-refractivity contribution in [2.75, 3.05) is 13.7 Å². The van der Waals surface area contributed by atoms with Gasteiger partial charge in [0, 0.05) is 12.6 Å². The molecule has 25 heavy (non-hydrogen) atoms. The lowest BCUT2D eigenvalue weighted by Gasteiger charge is -2.26. The fourth-order valence-corrected chi connectivity index (χ4v) is 3.20. The van der Waals surface area contributed by atoms with Crippen LogP contribution in [-0.4, -0.2) is 25.7 Å². The molecule has 2 aromatic carbocycles.